The Bertz CT molecular complexity index is 124. The largest absolute Gasteiger partial charge is 0.379 e. The molecule has 1 saturated heterocycles. The Morgan fingerprint density at radius 3 is 2.83 bits per heavy atom. The zero-order chi connectivity index (χ0) is 8.65. The van der Waals surface area contributed by atoms with Gasteiger partial charge in [-0.15, -0.1) is 6.58 Å². The summed E-state index contributed by atoms with van der Waals surface area (Å²) < 4.78 is 5.26. The Labute approximate surface area is 79.0 Å². The van der Waals surface area contributed by atoms with E-state index in [0.717, 1.165) is 32.1 Å². The van der Waals surface area contributed by atoms with Crippen molar-refractivity contribution in [1.29, 1.82) is 0 Å². The standard InChI is InChI=1S/C9H17NOS/c1-2-8-12-9-5-10-3-6-11-7-4-10/h2H,1,3-9H2. The van der Waals surface area contributed by atoms with Gasteiger partial charge in [-0.05, 0) is 0 Å². The molecule has 0 unspecified atom stereocenters. The van der Waals surface area contributed by atoms with Crippen LogP contribution in [0.4, 0.5) is 0 Å². The van der Waals surface area contributed by atoms with Gasteiger partial charge in [0.2, 0.25) is 0 Å². The highest BCUT2D eigenvalue weighted by Gasteiger charge is 2.08. The van der Waals surface area contributed by atoms with Gasteiger partial charge in [0.05, 0.1) is 13.2 Å². The number of rotatable bonds is 5. The smallest absolute Gasteiger partial charge is 0.0594 e. The van der Waals surface area contributed by atoms with Crippen LogP contribution >= 0.6 is 11.8 Å². The number of nitrogens with zero attached hydrogens (tertiary/aromatic N) is 1. The second-order valence-electron chi connectivity index (χ2n) is 2.82. The molecular weight excluding hydrogens is 170 g/mol. The maximum absolute atomic E-state index is 5.26. The van der Waals surface area contributed by atoms with Gasteiger partial charge in [-0.25, -0.2) is 0 Å². The summed E-state index contributed by atoms with van der Waals surface area (Å²) in [4.78, 5) is 2.46. The van der Waals surface area contributed by atoms with Crippen molar-refractivity contribution in [1.82, 2.24) is 4.90 Å². The summed E-state index contributed by atoms with van der Waals surface area (Å²) in [5.74, 6) is 2.29. The molecule has 70 valence electrons. The van der Waals surface area contributed by atoms with Crippen LogP contribution < -0.4 is 0 Å². The lowest BCUT2D eigenvalue weighted by molar-refractivity contribution is 0.0410. The Hall–Kier alpha value is 0.01000. The van der Waals surface area contributed by atoms with Gasteiger partial charge < -0.3 is 4.74 Å². The van der Waals surface area contributed by atoms with Gasteiger partial charge in [-0.3, -0.25) is 4.90 Å². The summed E-state index contributed by atoms with van der Waals surface area (Å²) in [5, 5.41) is 0. The lowest BCUT2D eigenvalue weighted by Crippen LogP contribution is -2.37. The van der Waals surface area contributed by atoms with Crippen LogP contribution in [0.3, 0.4) is 0 Å². The van der Waals surface area contributed by atoms with Crippen molar-refractivity contribution in [2.24, 2.45) is 0 Å². The quantitative estimate of drug-likeness (QED) is 0.474. The zero-order valence-corrected chi connectivity index (χ0v) is 8.31. The minimum atomic E-state index is 0.909. The Kier molecular flexibility index (Phi) is 5.48. The summed E-state index contributed by atoms with van der Waals surface area (Å²) in [7, 11) is 0. The van der Waals surface area contributed by atoms with Crippen molar-refractivity contribution in [2.75, 3.05) is 44.4 Å². The molecule has 1 aliphatic heterocycles. The highest BCUT2D eigenvalue weighted by Crippen LogP contribution is 2.02. The van der Waals surface area contributed by atoms with Crippen LogP contribution in [0.1, 0.15) is 0 Å². The van der Waals surface area contributed by atoms with E-state index >= 15 is 0 Å². The number of hydrogen-bond acceptors (Lipinski definition) is 3. The first-order valence-electron chi connectivity index (χ1n) is 4.42. The molecule has 0 N–H and O–H groups in total. The molecule has 12 heavy (non-hydrogen) atoms. The van der Waals surface area contributed by atoms with E-state index in [2.05, 4.69) is 11.5 Å². The summed E-state index contributed by atoms with van der Waals surface area (Å²) in [5.41, 5.74) is 0. The van der Waals surface area contributed by atoms with Crippen LogP contribution in [0, 0.1) is 0 Å². The Morgan fingerprint density at radius 1 is 1.42 bits per heavy atom. The predicted octanol–water partition coefficient (Wildman–Crippen LogP) is 1.24. The average molecular weight is 187 g/mol. The maximum Gasteiger partial charge on any atom is 0.0594 e. The highest BCUT2D eigenvalue weighted by molar-refractivity contribution is 7.99. The van der Waals surface area contributed by atoms with Gasteiger partial charge in [0.15, 0.2) is 0 Å². The molecule has 1 heterocycles. The zero-order valence-electron chi connectivity index (χ0n) is 7.50. The summed E-state index contributed by atoms with van der Waals surface area (Å²) in [6.45, 7) is 8.92. The van der Waals surface area contributed by atoms with Crippen LogP contribution in [-0.4, -0.2) is 49.3 Å². The van der Waals surface area contributed by atoms with Crippen LogP contribution in [0.15, 0.2) is 12.7 Å². The highest BCUT2D eigenvalue weighted by atomic mass is 32.2. The normalized spacial score (nSPS) is 19.3. The van der Waals surface area contributed by atoms with Crippen molar-refractivity contribution in [2.45, 2.75) is 0 Å². The van der Waals surface area contributed by atoms with Gasteiger partial charge in [0, 0.05) is 31.1 Å². The molecule has 0 bridgehead atoms. The third-order valence-corrected chi connectivity index (χ3v) is 2.83. The molecule has 0 aromatic carbocycles. The van der Waals surface area contributed by atoms with E-state index in [0.29, 0.717) is 0 Å². The van der Waals surface area contributed by atoms with Crippen LogP contribution in [0.25, 0.3) is 0 Å². The van der Waals surface area contributed by atoms with Gasteiger partial charge in [0.25, 0.3) is 0 Å². The number of ether oxygens (including phenoxy) is 1. The van der Waals surface area contributed by atoms with Crippen molar-refractivity contribution in [3.63, 3.8) is 0 Å². The van der Waals surface area contributed by atoms with Gasteiger partial charge in [-0.1, -0.05) is 6.08 Å². The van der Waals surface area contributed by atoms with E-state index in [9.17, 15) is 0 Å². The van der Waals surface area contributed by atoms with E-state index in [4.69, 9.17) is 4.74 Å². The van der Waals surface area contributed by atoms with Crippen molar-refractivity contribution < 1.29 is 4.74 Å². The molecule has 1 fully saturated rings. The molecule has 3 heteroatoms. The predicted molar refractivity (Wildman–Crippen MR) is 54.8 cm³/mol. The number of hydrogen-bond donors (Lipinski definition) is 0. The molecule has 0 saturated carbocycles. The van der Waals surface area contributed by atoms with Crippen LogP contribution in [0.5, 0.6) is 0 Å². The van der Waals surface area contributed by atoms with Crippen LogP contribution in [-0.2, 0) is 4.74 Å². The van der Waals surface area contributed by atoms with E-state index in [1.54, 1.807) is 0 Å². The molecule has 1 rings (SSSR count). The van der Waals surface area contributed by atoms with Crippen molar-refractivity contribution >= 4 is 11.8 Å². The maximum atomic E-state index is 5.26. The minimum Gasteiger partial charge on any atom is -0.379 e. The van der Waals surface area contributed by atoms with Crippen LogP contribution in [0.2, 0.25) is 0 Å². The van der Waals surface area contributed by atoms with E-state index in [1.165, 1.54) is 12.3 Å². The van der Waals surface area contributed by atoms with E-state index in [1.807, 2.05) is 17.8 Å². The Balaban J connectivity index is 1.94. The number of thioether (sulfide) groups is 1. The summed E-state index contributed by atoms with van der Waals surface area (Å²) in [6.07, 6.45) is 1.96. The molecule has 1 aliphatic rings. The molecule has 0 atom stereocenters. The summed E-state index contributed by atoms with van der Waals surface area (Å²) >= 11 is 1.95. The molecule has 0 amide bonds. The summed E-state index contributed by atoms with van der Waals surface area (Å²) in [6, 6.07) is 0. The minimum absolute atomic E-state index is 0.909. The van der Waals surface area contributed by atoms with Gasteiger partial charge in [0.1, 0.15) is 0 Å². The topological polar surface area (TPSA) is 12.5 Å². The first kappa shape index (κ1) is 10.1. The molecular formula is C9H17NOS. The molecule has 0 aromatic heterocycles. The lowest BCUT2D eigenvalue weighted by Gasteiger charge is -2.26. The average Bonchev–Trinajstić information content (AvgIpc) is 2.14. The monoisotopic (exact) mass is 187 g/mol. The first-order valence-corrected chi connectivity index (χ1v) is 5.57. The molecule has 0 spiro atoms. The SMILES string of the molecule is C=CCSCCN1CCOCC1. The fourth-order valence-electron chi connectivity index (χ4n) is 1.19. The lowest BCUT2D eigenvalue weighted by atomic mass is 10.4. The molecule has 2 nitrogen and oxygen atoms in total. The molecule has 0 aliphatic carbocycles. The van der Waals surface area contributed by atoms with E-state index in [-0.39, 0.29) is 0 Å². The number of morpholine rings is 1. The van der Waals surface area contributed by atoms with E-state index < -0.39 is 0 Å². The fraction of sp³-hybridized carbons (Fsp3) is 0.778. The fourth-order valence-corrected chi connectivity index (χ4v) is 1.91. The molecule has 0 radical (unpaired) electrons. The third-order valence-electron chi connectivity index (χ3n) is 1.89. The van der Waals surface area contributed by atoms with Crippen molar-refractivity contribution in [3.8, 4) is 0 Å². The molecule has 0 aromatic rings. The van der Waals surface area contributed by atoms with Gasteiger partial charge >= 0.3 is 0 Å². The second kappa shape index (κ2) is 6.52. The Morgan fingerprint density at radius 2 is 2.17 bits per heavy atom. The van der Waals surface area contributed by atoms with Gasteiger partial charge in [-0.2, -0.15) is 11.8 Å². The first-order chi connectivity index (χ1) is 5.93. The third kappa shape index (κ3) is 4.14. The second-order valence-corrected chi connectivity index (χ2v) is 3.97. The van der Waals surface area contributed by atoms with Crippen molar-refractivity contribution in [3.05, 3.63) is 12.7 Å².